The number of para-hydroxylation sites is 2. The Hall–Kier alpha value is -1.97. The highest BCUT2D eigenvalue weighted by atomic mass is 15.1. The van der Waals surface area contributed by atoms with Gasteiger partial charge in [-0.2, -0.15) is 0 Å². The predicted octanol–water partition coefficient (Wildman–Crippen LogP) is 1.89. The maximum atomic E-state index is 5.83. The van der Waals surface area contributed by atoms with Gasteiger partial charge in [-0.15, -0.1) is 0 Å². The molecule has 0 saturated heterocycles. The molecule has 84 valence electrons. The average molecular weight is 216 g/mol. The number of rotatable bonds is 4. The molecule has 0 amide bonds. The van der Waals surface area contributed by atoms with Gasteiger partial charge in [-0.25, -0.2) is 4.98 Å². The van der Waals surface area contributed by atoms with Crippen molar-refractivity contribution < 1.29 is 0 Å². The molecular formula is C12H16N4. The highest BCUT2D eigenvalue weighted by molar-refractivity contribution is 5.65. The molecule has 3 N–H and O–H groups in total. The van der Waals surface area contributed by atoms with Gasteiger partial charge < -0.3 is 15.6 Å². The summed E-state index contributed by atoms with van der Waals surface area (Å²) in [5, 5.41) is 3.30. The second-order valence-corrected chi connectivity index (χ2v) is 3.68. The van der Waals surface area contributed by atoms with E-state index in [4.69, 9.17) is 5.73 Å². The zero-order valence-corrected chi connectivity index (χ0v) is 9.35. The van der Waals surface area contributed by atoms with E-state index >= 15 is 0 Å². The fourth-order valence-corrected chi connectivity index (χ4v) is 1.61. The van der Waals surface area contributed by atoms with Crippen molar-refractivity contribution in [2.75, 3.05) is 17.6 Å². The SMILES string of the molecule is Cc1nccn1CCNc1ccccc1N. The van der Waals surface area contributed by atoms with E-state index in [1.54, 1.807) is 0 Å². The van der Waals surface area contributed by atoms with Gasteiger partial charge in [0.25, 0.3) is 0 Å². The van der Waals surface area contributed by atoms with Gasteiger partial charge in [0.1, 0.15) is 5.82 Å². The Balaban J connectivity index is 1.89. The molecule has 0 aliphatic rings. The number of nitrogens with two attached hydrogens (primary N) is 1. The minimum Gasteiger partial charge on any atom is -0.397 e. The van der Waals surface area contributed by atoms with Crippen molar-refractivity contribution in [3.05, 3.63) is 42.5 Å². The minimum absolute atomic E-state index is 0.782. The van der Waals surface area contributed by atoms with Crippen molar-refractivity contribution in [3.8, 4) is 0 Å². The first-order chi connectivity index (χ1) is 7.77. The van der Waals surface area contributed by atoms with Crippen LogP contribution in [0.2, 0.25) is 0 Å². The van der Waals surface area contributed by atoms with E-state index in [9.17, 15) is 0 Å². The fourth-order valence-electron chi connectivity index (χ4n) is 1.61. The number of nitrogens with one attached hydrogen (secondary N) is 1. The lowest BCUT2D eigenvalue weighted by Gasteiger charge is -2.10. The fraction of sp³-hybridized carbons (Fsp3) is 0.250. The molecule has 0 radical (unpaired) electrons. The Morgan fingerprint density at radius 1 is 1.38 bits per heavy atom. The molecule has 4 heteroatoms. The number of aromatic nitrogens is 2. The van der Waals surface area contributed by atoms with Crippen LogP contribution >= 0.6 is 0 Å². The third kappa shape index (κ3) is 2.34. The molecule has 1 heterocycles. The van der Waals surface area contributed by atoms with Crippen molar-refractivity contribution in [3.63, 3.8) is 0 Å². The maximum Gasteiger partial charge on any atom is 0.105 e. The lowest BCUT2D eigenvalue weighted by atomic mass is 10.3. The van der Waals surface area contributed by atoms with Crippen LogP contribution in [0.3, 0.4) is 0 Å². The Kier molecular flexibility index (Phi) is 3.10. The van der Waals surface area contributed by atoms with Crippen molar-refractivity contribution in [1.29, 1.82) is 0 Å². The van der Waals surface area contributed by atoms with Crippen molar-refractivity contribution in [2.45, 2.75) is 13.5 Å². The van der Waals surface area contributed by atoms with Gasteiger partial charge in [0, 0.05) is 25.5 Å². The number of benzene rings is 1. The monoisotopic (exact) mass is 216 g/mol. The number of hydrogen-bond acceptors (Lipinski definition) is 3. The van der Waals surface area contributed by atoms with Crippen LogP contribution in [0.1, 0.15) is 5.82 Å². The number of imidazole rings is 1. The summed E-state index contributed by atoms with van der Waals surface area (Å²) in [6.45, 7) is 3.72. The third-order valence-corrected chi connectivity index (χ3v) is 2.55. The van der Waals surface area contributed by atoms with Crippen molar-refractivity contribution in [1.82, 2.24) is 9.55 Å². The number of nitrogen functional groups attached to an aromatic ring is 1. The molecule has 0 fully saturated rings. The molecule has 0 aliphatic heterocycles. The third-order valence-electron chi connectivity index (χ3n) is 2.55. The molecule has 0 saturated carbocycles. The lowest BCUT2D eigenvalue weighted by molar-refractivity contribution is 0.701. The van der Waals surface area contributed by atoms with E-state index in [0.717, 1.165) is 30.3 Å². The van der Waals surface area contributed by atoms with Crippen LogP contribution in [0.15, 0.2) is 36.7 Å². The number of anilines is 2. The molecule has 2 rings (SSSR count). The Morgan fingerprint density at radius 2 is 2.19 bits per heavy atom. The van der Waals surface area contributed by atoms with Crippen molar-refractivity contribution >= 4 is 11.4 Å². The highest BCUT2D eigenvalue weighted by Gasteiger charge is 1.98. The van der Waals surface area contributed by atoms with Gasteiger partial charge in [0.2, 0.25) is 0 Å². The van der Waals surface area contributed by atoms with Gasteiger partial charge in [-0.3, -0.25) is 0 Å². The van der Waals surface area contributed by atoms with Gasteiger partial charge in [0.15, 0.2) is 0 Å². The average Bonchev–Trinajstić information content (AvgIpc) is 2.67. The molecule has 0 spiro atoms. The summed E-state index contributed by atoms with van der Waals surface area (Å²) in [5.41, 5.74) is 7.60. The normalized spacial score (nSPS) is 10.3. The molecule has 0 bridgehead atoms. The smallest absolute Gasteiger partial charge is 0.105 e. The van der Waals surface area contributed by atoms with Gasteiger partial charge >= 0.3 is 0 Å². The molecule has 0 atom stereocenters. The second-order valence-electron chi connectivity index (χ2n) is 3.68. The standard InChI is InChI=1S/C12H16N4/c1-10-14-6-8-16(10)9-7-15-12-5-3-2-4-11(12)13/h2-6,8,15H,7,9,13H2,1H3. The van der Waals surface area contributed by atoms with Crippen LogP contribution in [0.4, 0.5) is 11.4 Å². The zero-order chi connectivity index (χ0) is 11.4. The molecule has 1 aromatic heterocycles. The van der Waals surface area contributed by atoms with Crippen LogP contribution in [-0.2, 0) is 6.54 Å². The van der Waals surface area contributed by atoms with Gasteiger partial charge in [-0.1, -0.05) is 12.1 Å². The van der Waals surface area contributed by atoms with Crippen molar-refractivity contribution in [2.24, 2.45) is 0 Å². The summed E-state index contributed by atoms with van der Waals surface area (Å²) < 4.78 is 2.10. The largest absolute Gasteiger partial charge is 0.397 e. The van der Waals surface area contributed by atoms with E-state index in [2.05, 4.69) is 14.9 Å². The number of hydrogen-bond donors (Lipinski definition) is 2. The lowest BCUT2D eigenvalue weighted by Crippen LogP contribution is -2.11. The van der Waals surface area contributed by atoms with Gasteiger partial charge in [0.05, 0.1) is 11.4 Å². The summed E-state index contributed by atoms with van der Waals surface area (Å²) >= 11 is 0. The van der Waals surface area contributed by atoms with Crippen LogP contribution in [0.5, 0.6) is 0 Å². The maximum absolute atomic E-state index is 5.83. The molecule has 0 aliphatic carbocycles. The quantitative estimate of drug-likeness (QED) is 0.767. The number of nitrogens with zero attached hydrogens (tertiary/aromatic N) is 2. The second kappa shape index (κ2) is 4.70. The first kappa shape index (κ1) is 10.5. The molecule has 16 heavy (non-hydrogen) atoms. The highest BCUT2D eigenvalue weighted by Crippen LogP contribution is 2.16. The van der Waals surface area contributed by atoms with Gasteiger partial charge in [-0.05, 0) is 19.1 Å². The first-order valence-corrected chi connectivity index (χ1v) is 5.33. The van der Waals surface area contributed by atoms with E-state index in [-0.39, 0.29) is 0 Å². The molecule has 4 nitrogen and oxygen atoms in total. The molecular weight excluding hydrogens is 200 g/mol. The Morgan fingerprint density at radius 3 is 2.88 bits per heavy atom. The zero-order valence-electron chi connectivity index (χ0n) is 9.35. The van der Waals surface area contributed by atoms with E-state index < -0.39 is 0 Å². The van der Waals surface area contributed by atoms with Crippen LogP contribution in [-0.4, -0.2) is 16.1 Å². The summed E-state index contributed by atoms with van der Waals surface area (Å²) in [6.07, 6.45) is 3.79. The number of aryl methyl sites for hydroxylation is 1. The van der Waals surface area contributed by atoms with E-state index in [1.165, 1.54) is 0 Å². The predicted molar refractivity (Wildman–Crippen MR) is 66.3 cm³/mol. The van der Waals surface area contributed by atoms with E-state index in [1.807, 2.05) is 43.6 Å². The summed E-state index contributed by atoms with van der Waals surface area (Å²) in [5.74, 6) is 1.03. The van der Waals surface area contributed by atoms with Crippen LogP contribution < -0.4 is 11.1 Å². The van der Waals surface area contributed by atoms with E-state index in [0.29, 0.717) is 0 Å². The Labute approximate surface area is 95.1 Å². The summed E-state index contributed by atoms with van der Waals surface area (Å²) in [7, 11) is 0. The van der Waals surface area contributed by atoms with Crippen LogP contribution in [0.25, 0.3) is 0 Å². The van der Waals surface area contributed by atoms with Crippen LogP contribution in [0, 0.1) is 6.92 Å². The Bertz CT molecular complexity index is 462. The molecule has 0 unspecified atom stereocenters. The molecule has 2 aromatic rings. The summed E-state index contributed by atoms with van der Waals surface area (Å²) in [4.78, 5) is 4.17. The topological polar surface area (TPSA) is 55.9 Å². The summed E-state index contributed by atoms with van der Waals surface area (Å²) in [6, 6.07) is 7.78. The minimum atomic E-state index is 0.782. The molecule has 1 aromatic carbocycles. The first-order valence-electron chi connectivity index (χ1n) is 5.33.